The Bertz CT molecular complexity index is 558. The van der Waals surface area contributed by atoms with Crippen LogP contribution in [0.15, 0.2) is 24.3 Å². The maximum atomic E-state index is 11.2. The number of imidazole rings is 1. The molecule has 3 rings (SSSR count). The van der Waals surface area contributed by atoms with Crippen LogP contribution in [0.5, 0.6) is 0 Å². The minimum Gasteiger partial charge on any atom is -0.369 e. The van der Waals surface area contributed by atoms with Crippen LogP contribution in [-0.4, -0.2) is 15.5 Å². The molecule has 0 aliphatic carbocycles. The number of nitrogens with two attached hydrogens (primary N) is 1. The zero-order chi connectivity index (χ0) is 11.1. The van der Waals surface area contributed by atoms with Crippen molar-refractivity contribution in [1.82, 2.24) is 9.55 Å². The Balaban J connectivity index is 2.09. The molecular formula is C12H13N3O. The molecular weight excluding hydrogens is 202 g/mol. The second kappa shape index (κ2) is 3.33. The smallest absolute Gasteiger partial charge is 0.221 e. The number of aryl methyl sites for hydroxylation is 1. The van der Waals surface area contributed by atoms with Gasteiger partial charge in [-0.15, -0.1) is 0 Å². The Morgan fingerprint density at radius 3 is 3.06 bits per heavy atom. The highest BCUT2D eigenvalue weighted by atomic mass is 16.1. The van der Waals surface area contributed by atoms with Crippen molar-refractivity contribution in [2.45, 2.75) is 19.4 Å². The van der Waals surface area contributed by atoms with E-state index in [9.17, 15) is 4.79 Å². The number of rotatable bonds is 1. The van der Waals surface area contributed by atoms with Gasteiger partial charge in [0.15, 0.2) is 0 Å². The van der Waals surface area contributed by atoms with Gasteiger partial charge in [0.1, 0.15) is 5.82 Å². The number of amides is 1. The summed E-state index contributed by atoms with van der Waals surface area (Å²) in [5.41, 5.74) is 7.50. The third kappa shape index (κ3) is 1.30. The molecule has 1 aliphatic heterocycles. The molecule has 0 fully saturated rings. The van der Waals surface area contributed by atoms with Crippen LogP contribution in [0.25, 0.3) is 11.0 Å². The molecule has 2 aromatic rings. The summed E-state index contributed by atoms with van der Waals surface area (Å²) < 4.78 is 2.19. The molecule has 0 saturated carbocycles. The first-order valence-electron chi connectivity index (χ1n) is 5.49. The first kappa shape index (κ1) is 9.39. The predicted octanol–water partition coefficient (Wildman–Crippen LogP) is 1.08. The third-order valence-electron chi connectivity index (χ3n) is 3.27. The van der Waals surface area contributed by atoms with E-state index in [0.29, 0.717) is 6.42 Å². The number of nitrogens with zero attached hydrogens (tertiary/aromatic N) is 2. The molecule has 0 spiro atoms. The van der Waals surface area contributed by atoms with Crippen LogP contribution < -0.4 is 5.73 Å². The largest absolute Gasteiger partial charge is 0.369 e. The van der Waals surface area contributed by atoms with E-state index in [1.165, 1.54) is 0 Å². The van der Waals surface area contributed by atoms with Crippen LogP contribution in [0.1, 0.15) is 12.2 Å². The van der Waals surface area contributed by atoms with Crippen LogP contribution in [-0.2, 0) is 17.8 Å². The van der Waals surface area contributed by atoms with Gasteiger partial charge in [-0.05, 0) is 18.6 Å². The zero-order valence-corrected chi connectivity index (χ0v) is 8.89. The summed E-state index contributed by atoms with van der Waals surface area (Å²) in [4.78, 5) is 15.7. The maximum absolute atomic E-state index is 11.2. The molecule has 1 unspecified atom stereocenters. The lowest BCUT2D eigenvalue weighted by Gasteiger charge is -2.20. The van der Waals surface area contributed by atoms with Gasteiger partial charge in [0.25, 0.3) is 0 Å². The number of aromatic nitrogens is 2. The highest BCUT2D eigenvalue weighted by Crippen LogP contribution is 2.24. The molecule has 1 aliphatic rings. The van der Waals surface area contributed by atoms with Crippen molar-refractivity contribution in [3.63, 3.8) is 0 Å². The minimum atomic E-state index is -0.210. The van der Waals surface area contributed by atoms with Gasteiger partial charge >= 0.3 is 0 Å². The second-order valence-corrected chi connectivity index (χ2v) is 4.26. The minimum absolute atomic E-state index is 0.0516. The van der Waals surface area contributed by atoms with Crippen LogP contribution in [0.4, 0.5) is 0 Å². The van der Waals surface area contributed by atoms with Gasteiger partial charge in [-0.2, -0.15) is 0 Å². The Labute approximate surface area is 93.1 Å². The van der Waals surface area contributed by atoms with Crippen molar-refractivity contribution in [2.75, 3.05) is 0 Å². The molecule has 1 aromatic carbocycles. The summed E-state index contributed by atoms with van der Waals surface area (Å²) >= 11 is 0. The quantitative estimate of drug-likeness (QED) is 0.773. The van der Waals surface area contributed by atoms with Crippen LogP contribution in [0.3, 0.4) is 0 Å². The van der Waals surface area contributed by atoms with E-state index in [4.69, 9.17) is 5.73 Å². The van der Waals surface area contributed by atoms with Gasteiger partial charge in [0.2, 0.25) is 5.91 Å². The number of hydrogen-bond donors (Lipinski definition) is 1. The Kier molecular flexibility index (Phi) is 1.96. The van der Waals surface area contributed by atoms with Gasteiger partial charge in [-0.25, -0.2) is 4.98 Å². The molecule has 4 heteroatoms. The first-order chi connectivity index (χ1) is 7.75. The molecule has 0 radical (unpaired) electrons. The molecule has 2 N–H and O–H groups in total. The monoisotopic (exact) mass is 215 g/mol. The van der Waals surface area contributed by atoms with E-state index in [0.717, 1.165) is 29.8 Å². The van der Waals surface area contributed by atoms with Gasteiger partial charge in [0.05, 0.1) is 11.0 Å². The van der Waals surface area contributed by atoms with Crippen molar-refractivity contribution >= 4 is 16.9 Å². The SMILES string of the molecule is NC(=O)C1CCn2c(nc3ccccc32)C1. The van der Waals surface area contributed by atoms with E-state index >= 15 is 0 Å². The number of carbonyl (C=O) groups excluding carboxylic acids is 1. The molecule has 4 nitrogen and oxygen atoms in total. The van der Waals surface area contributed by atoms with Crippen LogP contribution >= 0.6 is 0 Å². The Morgan fingerprint density at radius 2 is 2.25 bits per heavy atom. The van der Waals surface area contributed by atoms with Crippen LogP contribution in [0.2, 0.25) is 0 Å². The molecule has 2 heterocycles. The molecule has 82 valence electrons. The van der Waals surface area contributed by atoms with Crippen molar-refractivity contribution < 1.29 is 4.79 Å². The summed E-state index contributed by atoms with van der Waals surface area (Å²) in [6.45, 7) is 0.837. The van der Waals surface area contributed by atoms with Crippen molar-refractivity contribution in [1.29, 1.82) is 0 Å². The average Bonchev–Trinajstić information content (AvgIpc) is 2.66. The molecule has 0 saturated heterocycles. The lowest BCUT2D eigenvalue weighted by Crippen LogP contribution is -2.30. The summed E-state index contributed by atoms with van der Waals surface area (Å²) in [6, 6.07) is 8.06. The van der Waals surface area contributed by atoms with E-state index in [1.54, 1.807) is 0 Å². The molecule has 0 bridgehead atoms. The normalized spacial score (nSPS) is 19.6. The molecule has 1 aromatic heterocycles. The Morgan fingerprint density at radius 1 is 1.44 bits per heavy atom. The van der Waals surface area contributed by atoms with E-state index in [-0.39, 0.29) is 11.8 Å². The number of primary amides is 1. The highest BCUT2D eigenvalue weighted by molar-refractivity contribution is 5.79. The summed E-state index contributed by atoms with van der Waals surface area (Å²) in [6.07, 6.45) is 1.49. The fourth-order valence-corrected chi connectivity index (χ4v) is 2.38. The van der Waals surface area contributed by atoms with Gasteiger partial charge in [-0.3, -0.25) is 4.79 Å². The first-order valence-corrected chi connectivity index (χ1v) is 5.49. The standard InChI is InChI=1S/C12H13N3O/c13-12(16)8-5-6-15-10-4-2-1-3-9(10)14-11(15)7-8/h1-4,8H,5-7H2,(H2,13,16). The number of para-hydroxylation sites is 2. The summed E-state index contributed by atoms with van der Waals surface area (Å²) in [5.74, 6) is 0.721. The van der Waals surface area contributed by atoms with Crippen molar-refractivity contribution in [3.05, 3.63) is 30.1 Å². The summed E-state index contributed by atoms with van der Waals surface area (Å²) in [7, 11) is 0. The number of hydrogen-bond acceptors (Lipinski definition) is 2. The molecule has 1 atom stereocenters. The topological polar surface area (TPSA) is 60.9 Å². The van der Waals surface area contributed by atoms with E-state index in [2.05, 4.69) is 15.6 Å². The fraction of sp³-hybridized carbons (Fsp3) is 0.333. The third-order valence-corrected chi connectivity index (χ3v) is 3.27. The lowest BCUT2D eigenvalue weighted by atomic mass is 9.97. The van der Waals surface area contributed by atoms with Gasteiger partial charge < -0.3 is 10.3 Å². The predicted molar refractivity (Wildman–Crippen MR) is 60.7 cm³/mol. The fourth-order valence-electron chi connectivity index (χ4n) is 2.38. The number of fused-ring (bicyclic) bond motifs is 3. The van der Waals surface area contributed by atoms with Gasteiger partial charge in [-0.1, -0.05) is 12.1 Å². The number of benzene rings is 1. The van der Waals surface area contributed by atoms with Crippen molar-refractivity contribution in [3.8, 4) is 0 Å². The molecule has 16 heavy (non-hydrogen) atoms. The highest BCUT2D eigenvalue weighted by Gasteiger charge is 2.25. The Hall–Kier alpha value is -1.84. The zero-order valence-electron chi connectivity index (χ0n) is 8.89. The van der Waals surface area contributed by atoms with Crippen molar-refractivity contribution in [2.24, 2.45) is 11.7 Å². The van der Waals surface area contributed by atoms with Crippen LogP contribution in [0, 0.1) is 5.92 Å². The van der Waals surface area contributed by atoms with E-state index in [1.807, 2.05) is 18.2 Å². The second-order valence-electron chi connectivity index (χ2n) is 4.26. The number of carbonyl (C=O) groups is 1. The molecule has 1 amide bonds. The maximum Gasteiger partial charge on any atom is 0.221 e. The van der Waals surface area contributed by atoms with E-state index < -0.39 is 0 Å². The van der Waals surface area contributed by atoms with Gasteiger partial charge in [0, 0.05) is 18.9 Å². The lowest BCUT2D eigenvalue weighted by molar-refractivity contribution is -0.122. The average molecular weight is 215 g/mol. The summed E-state index contributed by atoms with van der Waals surface area (Å²) in [5, 5.41) is 0.